The highest BCUT2D eigenvalue weighted by Gasteiger charge is 2.14. The van der Waals surface area contributed by atoms with Crippen LogP contribution >= 0.6 is 24.0 Å². The molecular weight excluding hydrogens is 198 g/mol. The Bertz CT molecular complexity index is 288. The fourth-order valence-electron chi connectivity index (χ4n) is 0.596. The van der Waals surface area contributed by atoms with Gasteiger partial charge in [0.25, 0.3) is 0 Å². The molecule has 0 aliphatic rings. The van der Waals surface area contributed by atoms with E-state index in [2.05, 4.69) is 10.2 Å². The monoisotopic (exact) mass is 204 g/mol. The Morgan fingerprint density at radius 1 is 1.75 bits per heavy atom. The Labute approximate surface area is 78.0 Å². The SMILES string of the molecule is NC(Cc1nnc([S])s1)C(=O)O. The molecule has 1 unspecified atom stereocenters. The van der Waals surface area contributed by atoms with Crippen molar-refractivity contribution in [3.63, 3.8) is 0 Å². The van der Waals surface area contributed by atoms with Gasteiger partial charge in [-0.2, -0.15) is 0 Å². The normalized spacial score (nSPS) is 12.8. The van der Waals surface area contributed by atoms with Crippen molar-refractivity contribution in [2.45, 2.75) is 16.8 Å². The van der Waals surface area contributed by atoms with Crippen LogP contribution in [0, 0.1) is 0 Å². The molecule has 1 aromatic heterocycles. The van der Waals surface area contributed by atoms with Gasteiger partial charge in [0.15, 0.2) is 0 Å². The highest BCUT2D eigenvalue weighted by Crippen LogP contribution is 2.13. The Morgan fingerprint density at radius 3 is 2.83 bits per heavy atom. The van der Waals surface area contributed by atoms with Gasteiger partial charge in [-0.3, -0.25) is 4.79 Å². The minimum absolute atomic E-state index is 0.184. The van der Waals surface area contributed by atoms with E-state index in [-0.39, 0.29) is 6.42 Å². The number of carboxylic acid groups (broad SMARTS) is 1. The number of hydrogen-bond acceptors (Lipinski definition) is 5. The van der Waals surface area contributed by atoms with Crippen LogP contribution in [0.4, 0.5) is 0 Å². The molecule has 65 valence electrons. The summed E-state index contributed by atoms with van der Waals surface area (Å²) in [7, 11) is 0. The van der Waals surface area contributed by atoms with E-state index in [1.165, 1.54) is 11.3 Å². The molecule has 12 heavy (non-hydrogen) atoms. The second-order valence-corrected chi connectivity index (χ2v) is 3.82. The summed E-state index contributed by atoms with van der Waals surface area (Å²) >= 11 is 5.89. The molecular formula is C5H6N3O2S2. The third-order valence-corrected chi connectivity index (χ3v) is 2.23. The summed E-state index contributed by atoms with van der Waals surface area (Å²) < 4.78 is 0.405. The van der Waals surface area contributed by atoms with Crippen molar-refractivity contribution in [2.75, 3.05) is 0 Å². The highest BCUT2D eigenvalue weighted by molar-refractivity contribution is 7.82. The molecule has 0 aromatic carbocycles. The number of carboxylic acids is 1. The van der Waals surface area contributed by atoms with Crippen molar-refractivity contribution in [3.05, 3.63) is 5.01 Å². The molecule has 7 heteroatoms. The van der Waals surface area contributed by atoms with Crippen LogP contribution in [0.3, 0.4) is 0 Å². The van der Waals surface area contributed by atoms with Crippen molar-refractivity contribution in [2.24, 2.45) is 5.73 Å². The molecule has 5 nitrogen and oxygen atoms in total. The Balaban J connectivity index is 2.58. The van der Waals surface area contributed by atoms with Gasteiger partial charge in [-0.1, -0.05) is 11.3 Å². The molecule has 1 atom stereocenters. The maximum absolute atomic E-state index is 10.3. The first-order chi connectivity index (χ1) is 5.59. The van der Waals surface area contributed by atoms with Crippen molar-refractivity contribution in [1.82, 2.24) is 10.2 Å². The quantitative estimate of drug-likeness (QED) is 0.726. The zero-order valence-electron chi connectivity index (χ0n) is 5.93. The first-order valence-corrected chi connectivity index (χ1v) is 4.30. The van der Waals surface area contributed by atoms with E-state index in [9.17, 15) is 4.79 Å². The summed E-state index contributed by atoms with van der Waals surface area (Å²) in [6.45, 7) is 0. The average Bonchev–Trinajstić information content (AvgIpc) is 2.35. The van der Waals surface area contributed by atoms with Crippen LogP contribution in [0.1, 0.15) is 5.01 Å². The fourth-order valence-corrected chi connectivity index (χ4v) is 1.55. The molecule has 1 radical (unpaired) electrons. The van der Waals surface area contributed by atoms with Gasteiger partial charge < -0.3 is 10.8 Å². The van der Waals surface area contributed by atoms with Gasteiger partial charge in [-0.05, 0) is 12.6 Å². The van der Waals surface area contributed by atoms with E-state index in [0.717, 1.165) is 0 Å². The molecule has 0 amide bonds. The summed E-state index contributed by atoms with van der Waals surface area (Å²) in [5.41, 5.74) is 5.26. The topological polar surface area (TPSA) is 89.1 Å². The smallest absolute Gasteiger partial charge is 0.320 e. The lowest BCUT2D eigenvalue weighted by atomic mass is 10.2. The number of hydrogen-bond donors (Lipinski definition) is 2. The first-order valence-electron chi connectivity index (χ1n) is 3.07. The van der Waals surface area contributed by atoms with E-state index in [1.807, 2.05) is 0 Å². The second-order valence-electron chi connectivity index (χ2n) is 2.11. The second kappa shape index (κ2) is 3.74. The van der Waals surface area contributed by atoms with Crippen molar-refractivity contribution < 1.29 is 9.90 Å². The first kappa shape index (κ1) is 9.30. The lowest BCUT2D eigenvalue weighted by Gasteiger charge is -2.00. The number of aromatic nitrogens is 2. The summed E-state index contributed by atoms with van der Waals surface area (Å²) in [6.07, 6.45) is 0.184. The minimum Gasteiger partial charge on any atom is -0.480 e. The van der Waals surface area contributed by atoms with Crippen LogP contribution < -0.4 is 5.73 Å². The average molecular weight is 204 g/mol. The zero-order chi connectivity index (χ0) is 9.14. The van der Waals surface area contributed by atoms with Crippen LogP contribution in [0.2, 0.25) is 0 Å². The van der Waals surface area contributed by atoms with Crippen molar-refractivity contribution in [1.29, 1.82) is 0 Å². The molecule has 1 rings (SSSR count). The van der Waals surface area contributed by atoms with E-state index in [0.29, 0.717) is 9.35 Å². The maximum Gasteiger partial charge on any atom is 0.320 e. The Hall–Kier alpha value is -0.790. The molecule has 0 aliphatic heterocycles. The molecule has 0 bridgehead atoms. The predicted octanol–water partition coefficient (Wildman–Crippen LogP) is 0.0489. The lowest BCUT2D eigenvalue weighted by Crippen LogP contribution is -2.32. The maximum atomic E-state index is 10.3. The van der Waals surface area contributed by atoms with Crippen LogP contribution in [-0.2, 0) is 11.2 Å². The molecule has 0 aliphatic carbocycles. The van der Waals surface area contributed by atoms with Crippen molar-refractivity contribution >= 4 is 29.9 Å². The van der Waals surface area contributed by atoms with E-state index in [4.69, 9.17) is 23.5 Å². The molecule has 0 saturated heterocycles. The van der Waals surface area contributed by atoms with E-state index >= 15 is 0 Å². The van der Waals surface area contributed by atoms with E-state index < -0.39 is 12.0 Å². The molecule has 1 aromatic rings. The van der Waals surface area contributed by atoms with Gasteiger partial charge in [0.05, 0.1) is 0 Å². The summed E-state index contributed by atoms with van der Waals surface area (Å²) in [6, 6.07) is -0.924. The molecule has 0 spiro atoms. The molecule has 0 fully saturated rings. The third-order valence-electron chi connectivity index (χ3n) is 1.16. The van der Waals surface area contributed by atoms with Crippen LogP contribution in [0.25, 0.3) is 0 Å². The highest BCUT2D eigenvalue weighted by atomic mass is 32.2. The molecule has 0 saturated carbocycles. The standard InChI is InChI=1S/C5H6N3O2S2/c6-2(4(9)10)1-3-7-8-5(11)12-3/h2H,1,6H2,(H,9,10). The Morgan fingerprint density at radius 2 is 2.42 bits per heavy atom. The van der Waals surface area contributed by atoms with E-state index in [1.54, 1.807) is 0 Å². The Kier molecular flexibility index (Phi) is 2.90. The molecule has 3 N–H and O–H groups in total. The third kappa shape index (κ3) is 2.36. The van der Waals surface area contributed by atoms with Gasteiger partial charge in [0.1, 0.15) is 11.0 Å². The largest absolute Gasteiger partial charge is 0.480 e. The number of nitrogens with zero attached hydrogens (tertiary/aromatic N) is 2. The van der Waals surface area contributed by atoms with Crippen LogP contribution in [0.15, 0.2) is 4.34 Å². The summed E-state index contributed by atoms with van der Waals surface area (Å²) in [5.74, 6) is -1.05. The fraction of sp³-hybridized carbons (Fsp3) is 0.400. The van der Waals surface area contributed by atoms with Gasteiger partial charge in [0.2, 0.25) is 4.34 Å². The summed E-state index contributed by atoms with van der Waals surface area (Å²) in [5, 5.41) is 16.2. The lowest BCUT2D eigenvalue weighted by molar-refractivity contribution is -0.138. The van der Waals surface area contributed by atoms with Crippen molar-refractivity contribution in [3.8, 4) is 0 Å². The van der Waals surface area contributed by atoms with Gasteiger partial charge in [0, 0.05) is 6.42 Å². The zero-order valence-corrected chi connectivity index (χ0v) is 7.56. The minimum atomic E-state index is -1.05. The van der Waals surface area contributed by atoms with Gasteiger partial charge in [-0.25, -0.2) is 0 Å². The van der Waals surface area contributed by atoms with Gasteiger partial charge in [-0.15, -0.1) is 10.2 Å². The number of rotatable bonds is 3. The number of nitrogens with two attached hydrogens (primary N) is 1. The predicted molar refractivity (Wildman–Crippen MR) is 45.1 cm³/mol. The van der Waals surface area contributed by atoms with Gasteiger partial charge >= 0.3 is 5.97 Å². The summed E-state index contributed by atoms with van der Waals surface area (Å²) in [4.78, 5) is 10.3. The van der Waals surface area contributed by atoms with Crippen LogP contribution in [0.5, 0.6) is 0 Å². The number of carbonyl (C=O) groups is 1. The number of aliphatic carboxylic acids is 1. The molecule has 1 heterocycles. The van der Waals surface area contributed by atoms with Crippen LogP contribution in [-0.4, -0.2) is 27.3 Å².